The first-order chi connectivity index (χ1) is 7.59. The molecule has 0 aliphatic heterocycles. The summed E-state index contributed by atoms with van der Waals surface area (Å²) in [6.45, 7) is 0. The number of hydrogen-bond donors (Lipinski definition) is 0. The van der Waals surface area contributed by atoms with Gasteiger partial charge in [0.05, 0.1) is 5.56 Å². The van der Waals surface area contributed by atoms with Crippen LogP contribution in [0.4, 0.5) is 4.39 Å². The predicted molar refractivity (Wildman–Crippen MR) is 63.8 cm³/mol. The van der Waals surface area contributed by atoms with Gasteiger partial charge in [-0.3, -0.25) is 4.79 Å². The van der Waals surface area contributed by atoms with Crippen LogP contribution in [0.1, 0.15) is 29.6 Å². The molecule has 0 atom stereocenters. The van der Waals surface area contributed by atoms with Gasteiger partial charge in [0.25, 0.3) is 5.91 Å². The van der Waals surface area contributed by atoms with Crippen LogP contribution >= 0.6 is 15.9 Å². The van der Waals surface area contributed by atoms with E-state index >= 15 is 0 Å². The Morgan fingerprint density at radius 1 is 1.50 bits per heavy atom. The molecule has 0 aromatic heterocycles. The van der Waals surface area contributed by atoms with Gasteiger partial charge in [-0.25, -0.2) is 4.39 Å². The molecule has 1 aliphatic rings. The third-order valence-corrected chi connectivity index (χ3v) is 3.59. The Bertz CT molecular complexity index is 417. The highest BCUT2D eigenvalue weighted by Gasteiger charge is 2.27. The largest absolute Gasteiger partial charge is 0.339 e. The first-order valence-electron chi connectivity index (χ1n) is 5.32. The van der Waals surface area contributed by atoms with Gasteiger partial charge in [0.1, 0.15) is 5.82 Å². The van der Waals surface area contributed by atoms with Crippen molar-refractivity contribution in [1.82, 2.24) is 4.90 Å². The molecule has 1 saturated carbocycles. The van der Waals surface area contributed by atoms with Crippen LogP contribution in [0.2, 0.25) is 0 Å². The first kappa shape index (κ1) is 11.6. The van der Waals surface area contributed by atoms with Gasteiger partial charge in [-0.2, -0.15) is 0 Å². The van der Waals surface area contributed by atoms with E-state index in [2.05, 4.69) is 15.9 Å². The van der Waals surface area contributed by atoms with Crippen LogP contribution in [0, 0.1) is 5.82 Å². The van der Waals surface area contributed by atoms with Gasteiger partial charge in [-0.15, -0.1) is 0 Å². The van der Waals surface area contributed by atoms with Crippen LogP contribution in [0.5, 0.6) is 0 Å². The van der Waals surface area contributed by atoms with Crippen molar-refractivity contribution in [3.8, 4) is 0 Å². The average Bonchev–Trinajstić information content (AvgIpc) is 2.18. The van der Waals surface area contributed by atoms with Crippen LogP contribution in [-0.2, 0) is 0 Å². The lowest BCUT2D eigenvalue weighted by Gasteiger charge is -2.34. The average molecular weight is 286 g/mol. The smallest absolute Gasteiger partial charge is 0.256 e. The highest BCUT2D eigenvalue weighted by Crippen LogP contribution is 2.26. The van der Waals surface area contributed by atoms with Crippen molar-refractivity contribution in [2.45, 2.75) is 25.3 Å². The fraction of sp³-hybridized carbons (Fsp3) is 0.417. The van der Waals surface area contributed by atoms with E-state index in [1.807, 2.05) is 0 Å². The van der Waals surface area contributed by atoms with E-state index in [0.29, 0.717) is 0 Å². The summed E-state index contributed by atoms with van der Waals surface area (Å²) in [4.78, 5) is 13.7. The second-order valence-corrected chi connectivity index (χ2v) is 5.04. The van der Waals surface area contributed by atoms with Crippen molar-refractivity contribution >= 4 is 21.8 Å². The molecule has 2 nitrogen and oxygen atoms in total. The first-order valence-corrected chi connectivity index (χ1v) is 6.11. The molecule has 0 radical (unpaired) electrons. The molecule has 86 valence electrons. The zero-order valence-corrected chi connectivity index (χ0v) is 10.6. The standard InChI is InChI=1S/C12H13BrFNO/c1-15(9-3-2-4-9)12(16)10-7-8(13)5-6-11(10)14/h5-7,9H,2-4H2,1H3. The van der Waals surface area contributed by atoms with Crippen LogP contribution in [0.15, 0.2) is 22.7 Å². The second kappa shape index (κ2) is 4.53. The molecular weight excluding hydrogens is 273 g/mol. The van der Waals surface area contributed by atoms with Crippen molar-refractivity contribution in [2.24, 2.45) is 0 Å². The Balaban J connectivity index is 2.22. The minimum Gasteiger partial charge on any atom is -0.339 e. The Kier molecular flexibility index (Phi) is 3.28. The molecule has 1 aromatic rings. The molecule has 1 aliphatic carbocycles. The van der Waals surface area contributed by atoms with E-state index in [0.717, 1.165) is 23.7 Å². The van der Waals surface area contributed by atoms with Gasteiger partial charge < -0.3 is 4.90 Å². The van der Waals surface area contributed by atoms with Gasteiger partial charge in [0, 0.05) is 17.6 Å². The quantitative estimate of drug-likeness (QED) is 0.817. The summed E-state index contributed by atoms with van der Waals surface area (Å²) in [6, 6.07) is 4.72. The topological polar surface area (TPSA) is 20.3 Å². The molecule has 1 aromatic carbocycles. The van der Waals surface area contributed by atoms with Gasteiger partial charge in [-0.05, 0) is 37.5 Å². The number of amides is 1. The van der Waals surface area contributed by atoms with Crippen molar-refractivity contribution in [3.63, 3.8) is 0 Å². The number of nitrogens with zero attached hydrogens (tertiary/aromatic N) is 1. The Morgan fingerprint density at radius 2 is 2.19 bits per heavy atom. The highest BCUT2D eigenvalue weighted by atomic mass is 79.9. The fourth-order valence-electron chi connectivity index (χ4n) is 1.79. The number of rotatable bonds is 2. The molecule has 0 bridgehead atoms. The third-order valence-electron chi connectivity index (χ3n) is 3.10. The molecule has 0 saturated heterocycles. The van der Waals surface area contributed by atoms with Crippen molar-refractivity contribution in [2.75, 3.05) is 7.05 Å². The molecule has 1 fully saturated rings. The number of hydrogen-bond acceptors (Lipinski definition) is 1. The normalized spacial score (nSPS) is 15.7. The monoisotopic (exact) mass is 285 g/mol. The summed E-state index contributed by atoms with van der Waals surface area (Å²) >= 11 is 3.24. The molecule has 0 spiro atoms. The number of halogens is 2. The maximum absolute atomic E-state index is 13.5. The Hall–Kier alpha value is -0.900. The highest BCUT2D eigenvalue weighted by molar-refractivity contribution is 9.10. The molecule has 4 heteroatoms. The number of carbonyl (C=O) groups excluding carboxylic acids is 1. The van der Waals surface area contributed by atoms with Crippen molar-refractivity contribution in [3.05, 3.63) is 34.1 Å². The zero-order chi connectivity index (χ0) is 11.7. The maximum Gasteiger partial charge on any atom is 0.256 e. The summed E-state index contributed by atoms with van der Waals surface area (Å²) in [5.74, 6) is -0.692. The van der Waals surface area contributed by atoms with Gasteiger partial charge in [0.15, 0.2) is 0 Å². The van der Waals surface area contributed by atoms with Crippen LogP contribution < -0.4 is 0 Å². The fourth-order valence-corrected chi connectivity index (χ4v) is 2.15. The Morgan fingerprint density at radius 3 is 2.75 bits per heavy atom. The lowest BCUT2D eigenvalue weighted by atomic mass is 9.91. The molecule has 0 unspecified atom stereocenters. The Labute approximate surface area is 103 Å². The zero-order valence-electron chi connectivity index (χ0n) is 9.04. The molecule has 0 N–H and O–H groups in total. The van der Waals surface area contributed by atoms with E-state index < -0.39 is 5.82 Å². The van der Waals surface area contributed by atoms with E-state index in [1.54, 1.807) is 18.0 Å². The summed E-state index contributed by atoms with van der Waals surface area (Å²) in [6.07, 6.45) is 3.21. The van der Waals surface area contributed by atoms with Gasteiger partial charge in [-0.1, -0.05) is 15.9 Å². The molecule has 1 amide bonds. The van der Waals surface area contributed by atoms with Gasteiger partial charge in [0.2, 0.25) is 0 Å². The summed E-state index contributed by atoms with van der Waals surface area (Å²) < 4.78 is 14.2. The number of benzene rings is 1. The van der Waals surface area contributed by atoms with E-state index in [9.17, 15) is 9.18 Å². The SMILES string of the molecule is CN(C(=O)c1cc(Br)ccc1F)C1CCC1. The van der Waals surface area contributed by atoms with Crippen molar-refractivity contribution in [1.29, 1.82) is 0 Å². The minimum atomic E-state index is -0.459. The molecule has 0 heterocycles. The van der Waals surface area contributed by atoms with Gasteiger partial charge >= 0.3 is 0 Å². The van der Waals surface area contributed by atoms with E-state index in [4.69, 9.17) is 0 Å². The third kappa shape index (κ3) is 2.12. The lowest BCUT2D eigenvalue weighted by molar-refractivity contribution is 0.0647. The van der Waals surface area contributed by atoms with Crippen LogP contribution in [-0.4, -0.2) is 23.9 Å². The minimum absolute atomic E-state index is 0.142. The van der Waals surface area contributed by atoms with Crippen molar-refractivity contribution < 1.29 is 9.18 Å². The molecular formula is C12H13BrFNO. The summed E-state index contributed by atoms with van der Waals surface area (Å²) in [7, 11) is 1.74. The molecule has 2 rings (SSSR count). The summed E-state index contributed by atoms with van der Waals surface area (Å²) in [5.41, 5.74) is 0.142. The van der Waals surface area contributed by atoms with E-state index in [-0.39, 0.29) is 17.5 Å². The second-order valence-electron chi connectivity index (χ2n) is 4.12. The summed E-state index contributed by atoms with van der Waals surface area (Å²) in [5, 5.41) is 0. The number of carbonyl (C=O) groups is 1. The maximum atomic E-state index is 13.5. The van der Waals surface area contributed by atoms with Crippen LogP contribution in [0.25, 0.3) is 0 Å². The van der Waals surface area contributed by atoms with E-state index in [1.165, 1.54) is 12.1 Å². The van der Waals surface area contributed by atoms with Crippen LogP contribution in [0.3, 0.4) is 0 Å². The molecule has 16 heavy (non-hydrogen) atoms. The lowest BCUT2D eigenvalue weighted by Crippen LogP contribution is -2.41. The predicted octanol–water partition coefficient (Wildman–Crippen LogP) is 3.21.